The average Bonchev–Trinajstić information content (AvgIpc) is 3.07. The molecule has 3 fully saturated rings. The highest BCUT2D eigenvalue weighted by Gasteiger charge is 2.61. The Bertz CT molecular complexity index is 883. The molecule has 7 heteroatoms. The molecular formula is C29H47N3O4. The van der Waals surface area contributed by atoms with E-state index in [-0.39, 0.29) is 16.7 Å². The first kappa shape index (κ1) is 27.4. The molecular weight excluding hydrogens is 454 g/mol. The summed E-state index contributed by atoms with van der Waals surface area (Å²) in [6.07, 6.45) is 4.95. The Balaban J connectivity index is 1.43. The number of methoxy groups -OCH3 is 1. The lowest BCUT2D eigenvalue weighted by Crippen LogP contribution is -2.51. The van der Waals surface area contributed by atoms with Gasteiger partial charge in [-0.25, -0.2) is 0 Å². The molecule has 0 radical (unpaired) electrons. The molecule has 4 atom stereocenters. The van der Waals surface area contributed by atoms with Crippen molar-refractivity contribution in [2.75, 3.05) is 46.5 Å². The van der Waals surface area contributed by atoms with E-state index in [2.05, 4.69) is 41.5 Å². The predicted octanol–water partition coefficient (Wildman–Crippen LogP) is 3.35. The summed E-state index contributed by atoms with van der Waals surface area (Å²) < 4.78 is 11.0. The summed E-state index contributed by atoms with van der Waals surface area (Å²) in [7, 11) is 1.72. The number of carbonyl (C=O) groups excluding carboxylic acids is 1. The Morgan fingerprint density at radius 2 is 1.92 bits per heavy atom. The van der Waals surface area contributed by atoms with Gasteiger partial charge in [0.05, 0.1) is 25.9 Å². The molecule has 1 aromatic rings. The van der Waals surface area contributed by atoms with E-state index in [1.165, 1.54) is 0 Å². The summed E-state index contributed by atoms with van der Waals surface area (Å²) in [5, 5.41) is 18.1. The molecule has 1 aliphatic heterocycles. The van der Waals surface area contributed by atoms with Crippen LogP contribution in [0.15, 0.2) is 24.3 Å². The van der Waals surface area contributed by atoms with Crippen LogP contribution in [0.3, 0.4) is 0 Å². The monoisotopic (exact) mass is 501 g/mol. The van der Waals surface area contributed by atoms with Crippen LogP contribution < -0.4 is 15.4 Å². The normalized spacial score (nSPS) is 32.1. The lowest BCUT2D eigenvalue weighted by atomic mass is 9.57. The Morgan fingerprint density at radius 3 is 2.67 bits per heavy atom. The summed E-state index contributed by atoms with van der Waals surface area (Å²) in [6.45, 7) is 12.4. The van der Waals surface area contributed by atoms with Crippen molar-refractivity contribution in [1.82, 2.24) is 15.5 Å². The van der Waals surface area contributed by atoms with Crippen molar-refractivity contribution in [3.05, 3.63) is 29.8 Å². The first-order valence-corrected chi connectivity index (χ1v) is 13.8. The molecule has 0 spiro atoms. The average molecular weight is 502 g/mol. The number of aliphatic hydroxyl groups is 1. The quantitative estimate of drug-likeness (QED) is 0.456. The number of hydrogen-bond donors (Lipinski definition) is 3. The number of morpholine rings is 1. The Morgan fingerprint density at radius 1 is 1.17 bits per heavy atom. The van der Waals surface area contributed by atoms with Crippen molar-refractivity contribution < 1.29 is 19.4 Å². The van der Waals surface area contributed by atoms with E-state index in [0.29, 0.717) is 24.9 Å². The van der Waals surface area contributed by atoms with Crippen molar-refractivity contribution >= 4 is 5.91 Å². The number of carbonyl (C=O) groups is 1. The largest absolute Gasteiger partial charge is 0.496 e. The molecule has 0 bridgehead atoms. The highest BCUT2D eigenvalue weighted by Crippen LogP contribution is 2.63. The Labute approximate surface area is 217 Å². The van der Waals surface area contributed by atoms with Gasteiger partial charge in [-0.2, -0.15) is 0 Å². The number of nitrogens with one attached hydrogen (secondary N) is 2. The zero-order chi connectivity index (χ0) is 25.8. The Kier molecular flexibility index (Phi) is 8.65. The number of nitrogens with zero attached hydrogens (tertiary/aromatic N) is 1. The van der Waals surface area contributed by atoms with Gasteiger partial charge in [-0.05, 0) is 61.8 Å². The molecule has 4 rings (SSSR count). The number of fused-ring (bicyclic) bond motifs is 1. The van der Waals surface area contributed by atoms with E-state index in [1.54, 1.807) is 7.11 Å². The van der Waals surface area contributed by atoms with Gasteiger partial charge >= 0.3 is 0 Å². The third-order valence-corrected chi connectivity index (χ3v) is 9.24. The first-order valence-electron chi connectivity index (χ1n) is 13.8. The van der Waals surface area contributed by atoms with E-state index in [4.69, 9.17) is 9.47 Å². The smallest absolute Gasteiger partial charge is 0.220 e. The van der Waals surface area contributed by atoms with Crippen LogP contribution in [0, 0.1) is 16.7 Å². The number of para-hydroxylation sites is 1. The maximum Gasteiger partial charge on any atom is 0.220 e. The molecule has 2 saturated carbocycles. The lowest BCUT2D eigenvalue weighted by molar-refractivity contribution is -0.123. The van der Waals surface area contributed by atoms with Crippen LogP contribution in [0.4, 0.5) is 0 Å². The van der Waals surface area contributed by atoms with Gasteiger partial charge in [0.25, 0.3) is 0 Å². The molecule has 0 aromatic heterocycles. The zero-order valence-corrected chi connectivity index (χ0v) is 22.8. The zero-order valence-electron chi connectivity index (χ0n) is 22.8. The topological polar surface area (TPSA) is 83.1 Å². The summed E-state index contributed by atoms with van der Waals surface area (Å²) in [5.74, 6) is 1.41. The van der Waals surface area contributed by atoms with Gasteiger partial charge in [0.15, 0.2) is 0 Å². The highest BCUT2D eigenvalue weighted by molar-refractivity contribution is 5.75. The second-order valence-electron chi connectivity index (χ2n) is 12.2. The minimum Gasteiger partial charge on any atom is -0.496 e. The minimum atomic E-state index is -0.636. The summed E-state index contributed by atoms with van der Waals surface area (Å²) >= 11 is 0. The molecule has 7 nitrogen and oxygen atoms in total. The van der Waals surface area contributed by atoms with E-state index in [1.807, 2.05) is 19.1 Å². The highest BCUT2D eigenvalue weighted by atomic mass is 16.5. The van der Waals surface area contributed by atoms with Crippen LogP contribution in [0.1, 0.15) is 64.9 Å². The van der Waals surface area contributed by atoms with Crippen molar-refractivity contribution in [2.45, 2.75) is 77.5 Å². The molecule has 1 aromatic carbocycles. The number of hydrogen-bond acceptors (Lipinski definition) is 6. The molecule has 1 saturated heterocycles. The van der Waals surface area contributed by atoms with Crippen LogP contribution in [0.25, 0.3) is 0 Å². The van der Waals surface area contributed by atoms with Crippen molar-refractivity contribution in [3.8, 4) is 5.75 Å². The van der Waals surface area contributed by atoms with E-state index in [9.17, 15) is 9.90 Å². The molecule has 3 aliphatic rings. The fourth-order valence-corrected chi connectivity index (χ4v) is 7.21. The predicted molar refractivity (Wildman–Crippen MR) is 142 cm³/mol. The first-order chi connectivity index (χ1) is 17.2. The third kappa shape index (κ3) is 6.24. The van der Waals surface area contributed by atoms with E-state index < -0.39 is 5.60 Å². The lowest BCUT2D eigenvalue weighted by Gasteiger charge is -2.51. The SMILES string of the molecule is COc1ccccc1CN[C@H]1CC(C)(C)[C@@H]2C[C@@](C)(O)CC[C@]12CCC(=O)NCCN1CCOCC1. The van der Waals surface area contributed by atoms with Crippen LogP contribution in [0.5, 0.6) is 5.75 Å². The van der Waals surface area contributed by atoms with Crippen LogP contribution in [-0.2, 0) is 16.1 Å². The second-order valence-corrected chi connectivity index (χ2v) is 12.2. The molecule has 202 valence electrons. The number of rotatable bonds is 10. The fourth-order valence-electron chi connectivity index (χ4n) is 7.21. The van der Waals surface area contributed by atoms with Gasteiger partial charge in [-0.1, -0.05) is 32.0 Å². The van der Waals surface area contributed by atoms with Gasteiger partial charge in [0.1, 0.15) is 5.75 Å². The van der Waals surface area contributed by atoms with E-state index in [0.717, 1.165) is 82.8 Å². The van der Waals surface area contributed by atoms with Crippen LogP contribution in [0.2, 0.25) is 0 Å². The maximum atomic E-state index is 12.9. The van der Waals surface area contributed by atoms with Crippen LogP contribution >= 0.6 is 0 Å². The van der Waals surface area contributed by atoms with Gasteiger partial charge in [0.2, 0.25) is 5.91 Å². The standard InChI is InChI=1S/C29H47N3O4/c1-27(2)20-25(31-21-22-7-5-6-8-23(22)35-4)29(12-11-28(3,34)19-24(27)29)10-9-26(33)30-13-14-32-15-17-36-18-16-32/h5-8,24-25,31,34H,9-21H2,1-4H3,(H,30,33)/t24-,25-,28-,29-/m0/s1. The number of ether oxygens (including phenoxy) is 2. The van der Waals surface area contributed by atoms with Crippen LogP contribution in [-0.4, -0.2) is 74.1 Å². The van der Waals surface area contributed by atoms with Gasteiger partial charge < -0.3 is 25.2 Å². The van der Waals surface area contributed by atoms with Gasteiger partial charge in [-0.3, -0.25) is 9.69 Å². The molecule has 3 N–H and O–H groups in total. The van der Waals surface area contributed by atoms with Gasteiger partial charge in [-0.15, -0.1) is 0 Å². The fraction of sp³-hybridized carbons (Fsp3) is 0.759. The number of amides is 1. The Hall–Kier alpha value is -1.67. The molecule has 1 amide bonds. The van der Waals surface area contributed by atoms with Gasteiger partial charge in [0, 0.05) is 50.7 Å². The second kappa shape index (κ2) is 11.4. The number of benzene rings is 1. The summed E-state index contributed by atoms with van der Waals surface area (Å²) in [6, 6.07) is 8.46. The van der Waals surface area contributed by atoms with Crippen molar-refractivity contribution in [3.63, 3.8) is 0 Å². The molecule has 1 heterocycles. The van der Waals surface area contributed by atoms with E-state index >= 15 is 0 Å². The third-order valence-electron chi connectivity index (χ3n) is 9.24. The van der Waals surface area contributed by atoms with Crippen molar-refractivity contribution in [2.24, 2.45) is 16.7 Å². The summed E-state index contributed by atoms with van der Waals surface area (Å²) in [5.41, 5.74) is 0.606. The molecule has 36 heavy (non-hydrogen) atoms. The van der Waals surface area contributed by atoms with Crippen molar-refractivity contribution in [1.29, 1.82) is 0 Å². The molecule has 0 unspecified atom stereocenters. The maximum absolute atomic E-state index is 12.9. The summed E-state index contributed by atoms with van der Waals surface area (Å²) in [4.78, 5) is 15.3. The molecule has 2 aliphatic carbocycles. The minimum absolute atomic E-state index is 0.00466.